The lowest BCUT2D eigenvalue weighted by atomic mass is 10.1. The van der Waals surface area contributed by atoms with Crippen LogP contribution in [0.4, 0.5) is 23.7 Å². The van der Waals surface area contributed by atoms with E-state index in [1.54, 1.807) is 12.1 Å². The number of hydrogen-bond acceptors (Lipinski definition) is 6. The first-order valence-electron chi connectivity index (χ1n) is 9.97. The lowest BCUT2D eigenvalue weighted by Gasteiger charge is -2.14. The highest BCUT2D eigenvalue weighted by atomic mass is 32.1. The van der Waals surface area contributed by atoms with Gasteiger partial charge in [0.25, 0.3) is 0 Å². The SMILES string of the molecule is O=C1OC(CCOc2ccc(Cc3sc(=O)[nH]c3O)cc2)CN1c1ccc(C(F)(F)F)cc1. The van der Waals surface area contributed by atoms with Crippen molar-refractivity contribution in [1.82, 2.24) is 4.98 Å². The van der Waals surface area contributed by atoms with Crippen LogP contribution < -0.4 is 14.5 Å². The number of anilines is 1. The number of alkyl halides is 3. The van der Waals surface area contributed by atoms with Crippen molar-refractivity contribution in [2.75, 3.05) is 18.1 Å². The number of benzene rings is 2. The van der Waals surface area contributed by atoms with Gasteiger partial charge in [0.2, 0.25) is 5.88 Å². The number of carbonyl (C=O) groups is 1. The Balaban J connectivity index is 1.26. The second kappa shape index (κ2) is 9.18. The Kier molecular flexibility index (Phi) is 6.32. The molecule has 1 amide bonds. The zero-order chi connectivity index (χ0) is 23.6. The summed E-state index contributed by atoms with van der Waals surface area (Å²) in [7, 11) is 0. The molecule has 1 unspecified atom stereocenters. The highest BCUT2D eigenvalue weighted by Crippen LogP contribution is 2.31. The van der Waals surface area contributed by atoms with Gasteiger partial charge in [0.15, 0.2) is 0 Å². The van der Waals surface area contributed by atoms with Crippen LogP contribution in [0.5, 0.6) is 11.6 Å². The quantitative estimate of drug-likeness (QED) is 0.518. The highest BCUT2D eigenvalue weighted by Gasteiger charge is 2.34. The van der Waals surface area contributed by atoms with Crippen molar-refractivity contribution >= 4 is 23.1 Å². The lowest BCUT2D eigenvalue weighted by Crippen LogP contribution is -2.25. The standard InChI is InChI=1S/C22H19F3N2O5S/c23-22(24,25)14-3-5-15(6-4-14)27-12-17(32-21(27)30)9-10-31-16-7-1-13(2-8-16)11-18-19(28)26-20(29)33-18/h1-8,17,28H,9-12H2,(H,26,29). The van der Waals surface area contributed by atoms with E-state index in [1.807, 2.05) is 12.1 Å². The molecule has 2 heterocycles. The van der Waals surface area contributed by atoms with Crippen molar-refractivity contribution in [3.8, 4) is 11.6 Å². The molecular formula is C22H19F3N2O5S. The van der Waals surface area contributed by atoms with Crippen LogP contribution in [-0.4, -0.2) is 35.4 Å². The Morgan fingerprint density at radius 2 is 1.82 bits per heavy atom. The van der Waals surface area contributed by atoms with Gasteiger partial charge in [-0.1, -0.05) is 23.5 Å². The van der Waals surface area contributed by atoms with E-state index in [0.29, 0.717) is 29.2 Å². The molecule has 0 aliphatic carbocycles. The number of thiazole rings is 1. The van der Waals surface area contributed by atoms with Crippen molar-refractivity contribution in [3.63, 3.8) is 0 Å². The average molecular weight is 480 g/mol. The summed E-state index contributed by atoms with van der Waals surface area (Å²) in [6.07, 6.45) is -4.67. The minimum atomic E-state index is -4.44. The zero-order valence-corrected chi connectivity index (χ0v) is 17.9. The summed E-state index contributed by atoms with van der Waals surface area (Å²) in [5, 5.41) is 9.67. The monoisotopic (exact) mass is 480 g/mol. The lowest BCUT2D eigenvalue weighted by molar-refractivity contribution is -0.137. The number of hydrogen-bond donors (Lipinski definition) is 2. The highest BCUT2D eigenvalue weighted by molar-refractivity contribution is 7.09. The number of rotatable bonds is 7. The summed E-state index contributed by atoms with van der Waals surface area (Å²) >= 11 is 0.954. The van der Waals surface area contributed by atoms with Crippen LogP contribution in [0.3, 0.4) is 0 Å². The first-order valence-corrected chi connectivity index (χ1v) is 10.8. The van der Waals surface area contributed by atoms with E-state index in [-0.39, 0.29) is 23.9 Å². The van der Waals surface area contributed by atoms with Gasteiger partial charge in [0.05, 0.1) is 23.6 Å². The summed E-state index contributed by atoms with van der Waals surface area (Å²) in [5.41, 5.74) is 0.450. The van der Waals surface area contributed by atoms with Gasteiger partial charge in [0, 0.05) is 18.5 Å². The number of cyclic esters (lactones) is 1. The van der Waals surface area contributed by atoms with Gasteiger partial charge in [-0.15, -0.1) is 0 Å². The predicted octanol–water partition coefficient (Wildman–Crippen LogP) is 4.55. The molecule has 3 aromatic rings. The molecule has 1 fully saturated rings. The maximum Gasteiger partial charge on any atom is 0.416 e. The number of aromatic nitrogens is 1. The van der Waals surface area contributed by atoms with Gasteiger partial charge in [-0.25, -0.2) is 4.79 Å². The van der Waals surface area contributed by atoms with Crippen molar-refractivity contribution in [3.05, 3.63) is 74.2 Å². The van der Waals surface area contributed by atoms with Crippen molar-refractivity contribution in [1.29, 1.82) is 0 Å². The van der Waals surface area contributed by atoms with Crippen molar-refractivity contribution in [2.45, 2.75) is 25.1 Å². The van der Waals surface area contributed by atoms with Gasteiger partial charge in [-0.2, -0.15) is 13.2 Å². The third-order valence-electron chi connectivity index (χ3n) is 5.08. The minimum absolute atomic E-state index is 0.123. The number of nitrogens with one attached hydrogen (secondary N) is 1. The number of H-pyrrole nitrogens is 1. The largest absolute Gasteiger partial charge is 0.494 e. The zero-order valence-electron chi connectivity index (χ0n) is 17.1. The molecule has 2 aromatic carbocycles. The second-order valence-corrected chi connectivity index (χ2v) is 8.47. The smallest absolute Gasteiger partial charge is 0.416 e. The third-order valence-corrected chi connectivity index (χ3v) is 5.95. The summed E-state index contributed by atoms with van der Waals surface area (Å²) in [4.78, 5) is 27.2. The summed E-state index contributed by atoms with van der Waals surface area (Å²) < 4.78 is 49.1. The van der Waals surface area contributed by atoms with E-state index in [9.17, 15) is 27.9 Å². The fraction of sp³-hybridized carbons (Fsp3) is 0.273. The first-order chi connectivity index (χ1) is 15.7. The van der Waals surface area contributed by atoms with Crippen LogP contribution in [0.25, 0.3) is 0 Å². The van der Waals surface area contributed by atoms with E-state index < -0.39 is 23.9 Å². The molecule has 1 atom stereocenters. The Morgan fingerprint density at radius 3 is 2.42 bits per heavy atom. The van der Waals surface area contributed by atoms with E-state index in [2.05, 4.69) is 4.98 Å². The Hall–Kier alpha value is -3.47. The number of carbonyl (C=O) groups excluding carboxylic acids is 1. The third kappa shape index (κ3) is 5.48. The molecule has 7 nitrogen and oxygen atoms in total. The van der Waals surface area contributed by atoms with Crippen LogP contribution in [0.15, 0.2) is 53.3 Å². The van der Waals surface area contributed by atoms with Crippen LogP contribution >= 0.6 is 11.3 Å². The molecule has 1 saturated heterocycles. The van der Waals surface area contributed by atoms with Crippen LogP contribution in [0.2, 0.25) is 0 Å². The molecule has 2 N–H and O–H groups in total. The van der Waals surface area contributed by atoms with Gasteiger partial charge in [0.1, 0.15) is 11.9 Å². The maximum absolute atomic E-state index is 12.7. The van der Waals surface area contributed by atoms with E-state index >= 15 is 0 Å². The average Bonchev–Trinajstić information content (AvgIpc) is 3.29. The van der Waals surface area contributed by atoms with Gasteiger partial charge < -0.3 is 14.6 Å². The number of nitrogens with zero attached hydrogens (tertiary/aromatic N) is 1. The molecule has 4 rings (SSSR count). The second-order valence-electron chi connectivity index (χ2n) is 7.41. The summed E-state index contributed by atoms with van der Waals surface area (Å²) in [5.74, 6) is 0.482. The maximum atomic E-state index is 12.7. The molecule has 1 aliphatic heterocycles. The van der Waals surface area contributed by atoms with Crippen LogP contribution in [0, 0.1) is 0 Å². The molecule has 11 heteroatoms. The van der Waals surface area contributed by atoms with Gasteiger partial charge in [-0.3, -0.25) is 14.7 Å². The fourth-order valence-corrected chi connectivity index (χ4v) is 4.14. The normalized spacial score (nSPS) is 16.2. The molecule has 0 saturated carbocycles. The number of halogens is 3. The fourth-order valence-electron chi connectivity index (χ4n) is 3.38. The van der Waals surface area contributed by atoms with E-state index in [1.165, 1.54) is 17.0 Å². The molecule has 174 valence electrons. The van der Waals surface area contributed by atoms with Crippen LogP contribution in [0.1, 0.15) is 22.4 Å². The van der Waals surface area contributed by atoms with Crippen molar-refractivity contribution < 1.29 is 32.5 Å². The minimum Gasteiger partial charge on any atom is -0.494 e. The van der Waals surface area contributed by atoms with Gasteiger partial charge in [-0.05, 0) is 42.0 Å². The molecule has 1 aliphatic rings. The number of aromatic amines is 1. The molecule has 1 aromatic heterocycles. The number of ether oxygens (including phenoxy) is 2. The molecule has 33 heavy (non-hydrogen) atoms. The van der Waals surface area contributed by atoms with Crippen LogP contribution in [-0.2, 0) is 17.3 Å². The Morgan fingerprint density at radius 1 is 1.12 bits per heavy atom. The molecule has 0 spiro atoms. The Labute approximate surface area is 190 Å². The molecule has 0 radical (unpaired) electrons. The molecular weight excluding hydrogens is 461 g/mol. The van der Waals surface area contributed by atoms with Gasteiger partial charge >= 0.3 is 17.1 Å². The Bertz CT molecular complexity index is 1170. The summed E-state index contributed by atoms with van der Waals surface area (Å²) in [6, 6.07) is 11.5. The van der Waals surface area contributed by atoms with E-state index in [0.717, 1.165) is 29.0 Å². The summed E-state index contributed by atoms with van der Waals surface area (Å²) in [6.45, 7) is 0.494. The number of amides is 1. The topological polar surface area (TPSA) is 91.9 Å². The van der Waals surface area contributed by atoms with Crippen molar-refractivity contribution in [2.24, 2.45) is 0 Å². The molecule has 0 bridgehead atoms. The first kappa shape index (κ1) is 22.7. The van der Waals surface area contributed by atoms with E-state index in [4.69, 9.17) is 9.47 Å². The predicted molar refractivity (Wildman–Crippen MR) is 115 cm³/mol. The number of aromatic hydroxyl groups is 1.